The molecule has 3 N–H and O–H groups in total. The lowest BCUT2D eigenvalue weighted by atomic mass is 10.1. The Morgan fingerprint density at radius 2 is 1.97 bits per heavy atom. The highest BCUT2D eigenvalue weighted by atomic mass is 19.1. The van der Waals surface area contributed by atoms with Gasteiger partial charge in [-0.3, -0.25) is 4.79 Å². The van der Waals surface area contributed by atoms with E-state index in [4.69, 9.17) is 20.4 Å². The van der Waals surface area contributed by atoms with Crippen LogP contribution in [0.15, 0.2) is 36.4 Å². The fraction of sp³-hybridized carbons (Fsp3) is 0.280. The van der Waals surface area contributed by atoms with Gasteiger partial charge in [0.2, 0.25) is 5.95 Å². The highest BCUT2D eigenvalue weighted by Gasteiger charge is 2.25. The first kappa shape index (κ1) is 23.5. The molecule has 2 aromatic carbocycles. The molecule has 3 heterocycles. The van der Waals surface area contributed by atoms with E-state index in [1.54, 1.807) is 6.07 Å². The van der Waals surface area contributed by atoms with Gasteiger partial charge >= 0.3 is 6.01 Å². The minimum absolute atomic E-state index is 0.0709. The van der Waals surface area contributed by atoms with Crippen LogP contribution in [0.4, 0.5) is 20.4 Å². The van der Waals surface area contributed by atoms with Gasteiger partial charge in [-0.2, -0.15) is 15.0 Å². The number of ether oxygens (including phenoxy) is 1. The fourth-order valence-corrected chi connectivity index (χ4v) is 4.48. The third-order valence-corrected chi connectivity index (χ3v) is 6.20. The molecule has 0 atom stereocenters. The maximum absolute atomic E-state index is 14.5. The molecule has 2 aromatic heterocycles. The number of methoxy groups -OCH3 is 1. The number of rotatable bonds is 6. The molecule has 1 amide bonds. The van der Waals surface area contributed by atoms with Crippen LogP contribution < -0.4 is 20.7 Å². The monoisotopic (exact) mass is 493 g/mol. The topological polar surface area (TPSA) is 111 Å². The number of hydrogen-bond acceptors (Lipinski definition) is 7. The number of nitrogens with one attached hydrogen (secondary N) is 1. The number of carbonyl (C=O) groups is 1. The Kier molecular flexibility index (Phi) is 6.13. The van der Waals surface area contributed by atoms with Crippen LogP contribution >= 0.6 is 0 Å². The third-order valence-electron chi connectivity index (χ3n) is 6.20. The van der Waals surface area contributed by atoms with E-state index in [2.05, 4.69) is 10.3 Å². The number of imidazole rings is 1. The number of primary amides is 1. The lowest BCUT2D eigenvalue weighted by Gasteiger charge is -2.21. The average molecular weight is 494 g/mol. The number of anilines is 2. The van der Waals surface area contributed by atoms with Crippen molar-refractivity contribution in [3.63, 3.8) is 0 Å². The number of amides is 1. The van der Waals surface area contributed by atoms with Crippen LogP contribution in [-0.2, 0) is 13.0 Å². The zero-order chi connectivity index (χ0) is 25.4. The molecular formula is C25H25F2N7O2. The number of benzene rings is 2. The van der Waals surface area contributed by atoms with Crippen LogP contribution in [0.3, 0.4) is 0 Å². The van der Waals surface area contributed by atoms with Crippen LogP contribution in [0.1, 0.15) is 34.3 Å². The smallest absolute Gasteiger partial charge is 0.304 e. The summed E-state index contributed by atoms with van der Waals surface area (Å²) in [6, 6.07) is 8.67. The average Bonchev–Trinajstić information content (AvgIpc) is 3.12. The zero-order valence-corrected chi connectivity index (χ0v) is 19.9. The second kappa shape index (κ2) is 9.40. The van der Waals surface area contributed by atoms with E-state index in [-0.39, 0.29) is 34.4 Å². The number of nitrogens with zero attached hydrogens (tertiary/aromatic N) is 5. The Hall–Kier alpha value is -4.28. The SMILES string of the molecule is COc1nc2c(C(N)=O)cc(F)cc2n1-c1nc(NCc2cccc(F)c2)c2c(n1)N(C)CCCC2. The number of carbonyl (C=O) groups excluding carboxylic acids is 1. The van der Waals surface area contributed by atoms with Crippen molar-refractivity contribution < 1.29 is 18.3 Å². The molecule has 5 rings (SSSR count). The molecule has 0 fully saturated rings. The van der Waals surface area contributed by atoms with E-state index < -0.39 is 11.7 Å². The highest BCUT2D eigenvalue weighted by Crippen LogP contribution is 2.33. The number of aromatic nitrogens is 4. The van der Waals surface area contributed by atoms with E-state index in [9.17, 15) is 13.6 Å². The molecular weight excluding hydrogens is 468 g/mol. The van der Waals surface area contributed by atoms with Gasteiger partial charge in [-0.25, -0.2) is 13.3 Å². The molecule has 0 aliphatic carbocycles. The van der Waals surface area contributed by atoms with Gasteiger partial charge in [-0.1, -0.05) is 12.1 Å². The van der Waals surface area contributed by atoms with Crippen molar-refractivity contribution >= 4 is 28.6 Å². The Balaban J connectivity index is 1.69. The maximum Gasteiger partial charge on any atom is 0.304 e. The van der Waals surface area contributed by atoms with Crippen molar-refractivity contribution in [3.8, 4) is 12.0 Å². The lowest BCUT2D eigenvalue weighted by molar-refractivity contribution is 0.100. The molecule has 1 aliphatic rings. The first-order chi connectivity index (χ1) is 17.4. The van der Waals surface area contributed by atoms with Gasteiger partial charge in [-0.05, 0) is 43.0 Å². The van der Waals surface area contributed by atoms with Gasteiger partial charge in [0.1, 0.15) is 28.8 Å². The summed E-state index contributed by atoms with van der Waals surface area (Å²) >= 11 is 0. The van der Waals surface area contributed by atoms with Crippen molar-refractivity contribution in [3.05, 3.63) is 64.7 Å². The molecule has 0 bridgehead atoms. The standard InChI is InChI=1S/C25H25F2N7O2/c1-33-9-4-3-8-17-22(29-13-14-6-5-7-15(26)10-14)31-24(32-23(17)33)34-19-12-16(27)11-18(21(28)35)20(19)30-25(34)36-2/h5-7,10-12H,3-4,8-9,13H2,1-2H3,(H2,28,35)(H,29,31,32). The molecule has 0 unspecified atom stereocenters. The molecule has 36 heavy (non-hydrogen) atoms. The van der Waals surface area contributed by atoms with Crippen molar-refractivity contribution in [2.45, 2.75) is 25.8 Å². The molecule has 11 heteroatoms. The Labute approximate surface area is 205 Å². The maximum atomic E-state index is 14.5. The second-order valence-corrected chi connectivity index (χ2v) is 8.66. The minimum atomic E-state index is -0.813. The molecule has 0 saturated carbocycles. The first-order valence-corrected chi connectivity index (χ1v) is 11.5. The van der Waals surface area contributed by atoms with Crippen LogP contribution in [0.2, 0.25) is 0 Å². The molecule has 1 aliphatic heterocycles. The summed E-state index contributed by atoms with van der Waals surface area (Å²) in [5.41, 5.74) is 7.52. The second-order valence-electron chi connectivity index (χ2n) is 8.66. The lowest BCUT2D eigenvalue weighted by Crippen LogP contribution is -2.21. The molecule has 0 spiro atoms. The Morgan fingerprint density at radius 1 is 1.14 bits per heavy atom. The van der Waals surface area contributed by atoms with Crippen molar-refractivity contribution in [1.82, 2.24) is 19.5 Å². The predicted octanol–water partition coefficient (Wildman–Crippen LogP) is 3.59. The summed E-state index contributed by atoms with van der Waals surface area (Å²) in [5, 5.41) is 3.33. The highest BCUT2D eigenvalue weighted by molar-refractivity contribution is 6.04. The Morgan fingerprint density at radius 3 is 2.72 bits per heavy atom. The first-order valence-electron chi connectivity index (χ1n) is 11.5. The van der Waals surface area contributed by atoms with Gasteiger partial charge in [0.15, 0.2) is 0 Å². The van der Waals surface area contributed by atoms with E-state index >= 15 is 0 Å². The van der Waals surface area contributed by atoms with Gasteiger partial charge < -0.3 is 20.7 Å². The molecule has 0 radical (unpaired) electrons. The van der Waals surface area contributed by atoms with Crippen molar-refractivity contribution in [2.75, 3.05) is 30.9 Å². The molecule has 0 saturated heterocycles. The summed E-state index contributed by atoms with van der Waals surface area (Å²) in [4.78, 5) is 28.0. The van der Waals surface area contributed by atoms with E-state index in [0.29, 0.717) is 12.4 Å². The summed E-state index contributed by atoms with van der Waals surface area (Å²) in [5.74, 6) is -0.316. The van der Waals surface area contributed by atoms with E-state index in [1.165, 1.54) is 29.9 Å². The van der Waals surface area contributed by atoms with Crippen molar-refractivity contribution in [1.29, 1.82) is 0 Å². The Bertz CT molecular complexity index is 1470. The summed E-state index contributed by atoms with van der Waals surface area (Å²) < 4.78 is 35.1. The predicted molar refractivity (Wildman–Crippen MR) is 132 cm³/mol. The fourth-order valence-electron chi connectivity index (χ4n) is 4.48. The number of halogens is 2. The normalized spacial score (nSPS) is 13.4. The molecule has 4 aromatic rings. The van der Waals surface area contributed by atoms with E-state index in [0.717, 1.165) is 48.8 Å². The van der Waals surface area contributed by atoms with Crippen LogP contribution in [-0.4, -0.2) is 46.1 Å². The van der Waals surface area contributed by atoms with Gasteiger partial charge in [0.05, 0.1) is 18.2 Å². The van der Waals surface area contributed by atoms with Gasteiger partial charge in [-0.15, -0.1) is 0 Å². The number of fused-ring (bicyclic) bond motifs is 2. The summed E-state index contributed by atoms with van der Waals surface area (Å²) in [6.45, 7) is 1.14. The zero-order valence-electron chi connectivity index (χ0n) is 19.9. The van der Waals surface area contributed by atoms with Crippen LogP contribution in [0.25, 0.3) is 17.0 Å². The quantitative estimate of drug-likeness (QED) is 0.422. The van der Waals surface area contributed by atoms with Crippen LogP contribution in [0.5, 0.6) is 6.01 Å². The molecule has 9 nitrogen and oxygen atoms in total. The summed E-state index contributed by atoms with van der Waals surface area (Å²) in [7, 11) is 3.36. The van der Waals surface area contributed by atoms with Gasteiger partial charge in [0.25, 0.3) is 5.91 Å². The minimum Gasteiger partial charge on any atom is -0.468 e. The summed E-state index contributed by atoms with van der Waals surface area (Å²) in [6.07, 6.45) is 2.70. The van der Waals surface area contributed by atoms with Gasteiger partial charge in [0, 0.05) is 31.8 Å². The van der Waals surface area contributed by atoms with Crippen molar-refractivity contribution in [2.24, 2.45) is 5.73 Å². The molecule has 186 valence electrons. The number of nitrogens with two attached hydrogens (primary N) is 1. The van der Waals surface area contributed by atoms with Crippen LogP contribution in [0, 0.1) is 11.6 Å². The largest absolute Gasteiger partial charge is 0.468 e. The third kappa shape index (κ3) is 4.28. The number of hydrogen-bond donors (Lipinski definition) is 2. The van der Waals surface area contributed by atoms with E-state index in [1.807, 2.05) is 18.0 Å².